The van der Waals surface area contributed by atoms with Gasteiger partial charge in [-0.05, 0) is 30.2 Å². The number of hydrogen-bond donors (Lipinski definition) is 2. The van der Waals surface area contributed by atoms with Crippen LogP contribution in [0, 0.1) is 6.92 Å². The molecule has 3 aromatic carbocycles. The maximum Gasteiger partial charge on any atom is 0.348 e. The summed E-state index contributed by atoms with van der Waals surface area (Å²) in [7, 11) is 0. The van der Waals surface area contributed by atoms with Crippen molar-refractivity contribution in [1.29, 1.82) is 0 Å². The Hall–Kier alpha value is -3.48. The molecule has 156 valence electrons. The van der Waals surface area contributed by atoms with Crippen molar-refractivity contribution in [3.63, 3.8) is 0 Å². The molecule has 0 aliphatic heterocycles. The molecule has 1 heterocycles. The van der Waals surface area contributed by atoms with E-state index in [0.717, 1.165) is 5.69 Å². The molecule has 6 heteroatoms. The smallest absolute Gasteiger partial charge is 0.348 e. The molecule has 5 nitrogen and oxygen atoms in total. The van der Waals surface area contributed by atoms with Crippen LogP contribution >= 0.6 is 11.3 Å². The first-order valence-electron chi connectivity index (χ1n) is 9.84. The van der Waals surface area contributed by atoms with Gasteiger partial charge in [0.15, 0.2) is 5.13 Å². The number of anilines is 2. The van der Waals surface area contributed by atoms with E-state index >= 15 is 0 Å². The van der Waals surface area contributed by atoms with Crippen LogP contribution in [0.5, 0.6) is 0 Å². The molecule has 0 amide bonds. The van der Waals surface area contributed by atoms with Gasteiger partial charge in [-0.15, -0.1) is 11.3 Å². The molecule has 0 saturated carbocycles. The van der Waals surface area contributed by atoms with Crippen molar-refractivity contribution < 1.29 is 14.6 Å². The van der Waals surface area contributed by atoms with Gasteiger partial charge >= 0.3 is 5.97 Å². The highest BCUT2D eigenvalue weighted by molar-refractivity contribution is 7.13. The minimum Gasteiger partial charge on any atom is -0.456 e. The van der Waals surface area contributed by atoms with Gasteiger partial charge in [0.25, 0.3) is 0 Å². The summed E-state index contributed by atoms with van der Waals surface area (Å²) >= 11 is 1.42. The lowest BCUT2D eigenvalue weighted by atomic mass is 9.86. The Morgan fingerprint density at radius 3 is 2.13 bits per heavy atom. The third kappa shape index (κ3) is 4.66. The minimum absolute atomic E-state index is 0.0348. The first-order valence-corrected chi connectivity index (χ1v) is 10.7. The third-order valence-corrected chi connectivity index (χ3v) is 5.69. The van der Waals surface area contributed by atoms with E-state index in [9.17, 15) is 9.90 Å². The maximum absolute atomic E-state index is 13.1. The second-order valence-corrected chi connectivity index (χ2v) is 8.01. The maximum atomic E-state index is 13.1. The summed E-state index contributed by atoms with van der Waals surface area (Å²) in [5.74, 6) is -0.744. The van der Waals surface area contributed by atoms with Crippen molar-refractivity contribution in [1.82, 2.24) is 4.98 Å². The van der Waals surface area contributed by atoms with E-state index < -0.39 is 11.6 Å². The summed E-state index contributed by atoms with van der Waals surface area (Å²) in [6, 6.07) is 25.6. The average molecular weight is 431 g/mol. The Labute approximate surface area is 185 Å². The number of aryl methyl sites for hydroxylation is 1. The van der Waals surface area contributed by atoms with Gasteiger partial charge in [0.05, 0.1) is 5.69 Å². The topological polar surface area (TPSA) is 71.5 Å². The fraction of sp³-hybridized carbons (Fsp3) is 0.120. The lowest BCUT2D eigenvalue weighted by molar-refractivity contribution is -0.163. The third-order valence-electron chi connectivity index (χ3n) is 4.88. The Morgan fingerprint density at radius 1 is 0.968 bits per heavy atom. The second kappa shape index (κ2) is 9.12. The van der Waals surface area contributed by atoms with Gasteiger partial charge in [0, 0.05) is 11.1 Å². The lowest BCUT2D eigenvalue weighted by Gasteiger charge is -2.26. The van der Waals surface area contributed by atoms with Gasteiger partial charge in [0.2, 0.25) is 5.60 Å². The van der Waals surface area contributed by atoms with Crippen LogP contribution in [0.1, 0.15) is 22.4 Å². The van der Waals surface area contributed by atoms with Crippen molar-refractivity contribution in [2.24, 2.45) is 0 Å². The van der Waals surface area contributed by atoms with Crippen molar-refractivity contribution in [2.75, 3.05) is 5.32 Å². The zero-order valence-corrected chi connectivity index (χ0v) is 17.8. The van der Waals surface area contributed by atoms with Crippen LogP contribution in [-0.4, -0.2) is 16.1 Å². The monoisotopic (exact) mass is 430 g/mol. The van der Waals surface area contributed by atoms with Gasteiger partial charge in [0.1, 0.15) is 6.61 Å². The number of benzene rings is 3. The number of thiazole rings is 1. The van der Waals surface area contributed by atoms with Crippen LogP contribution in [0.4, 0.5) is 10.8 Å². The molecule has 4 rings (SSSR count). The summed E-state index contributed by atoms with van der Waals surface area (Å²) in [5, 5.41) is 17.2. The van der Waals surface area contributed by atoms with Crippen molar-refractivity contribution in [3.05, 3.63) is 113 Å². The Bertz CT molecular complexity index is 1100. The lowest BCUT2D eigenvalue weighted by Crippen LogP contribution is -2.38. The normalized spacial score (nSPS) is 11.2. The number of rotatable bonds is 7. The second-order valence-electron chi connectivity index (χ2n) is 7.15. The molecule has 0 bridgehead atoms. The van der Waals surface area contributed by atoms with Crippen LogP contribution in [0.25, 0.3) is 0 Å². The van der Waals surface area contributed by atoms with Crippen LogP contribution in [0.15, 0.2) is 90.3 Å². The molecule has 1 aromatic heterocycles. The first-order chi connectivity index (χ1) is 15.1. The number of hydrogen-bond acceptors (Lipinski definition) is 6. The van der Waals surface area contributed by atoms with E-state index in [0.29, 0.717) is 22.0 Å². The molecule has 0 unspecified atom stereocenters. The molecular weight excluding hydrogens is 408 g/mol. The number of esters is 1. The SMILES string of the molecule is Cc1ccc(Nc2nc(COC(=O)C(O)(c3ccccc3)c3ccccc3)cs2)cc1. The fourth-order valence-electron chi connectivity index (χ4n) is 3.20. The van der Waals surface area contributed by atoms with Crippen molar-refractivity contribution in [2.45, 2.75) is 19.1 Å². The number of aliphatic hydroxyl groups is 1. The average Bonchev–Trinajstić information content (AvgIpc) is 3.27. The van der Waals surface area contributed by atoms with E-state index in [2.05, 4.69) is 10.3 Å². The standard InChI is InChI=1S/C25H22N2O3S/c1-18-12-14-21(15-13-18)26-24-27-22(17-31-24)16-30-23(28)25(29,19-8-4-2-5-9-19)20-10-6-3-7-11-20/h2-15,17,29H,16H2,1H3,(H,26,27). The highest BCUT2D eigenvalue weighted by atomic mass is 32.1. The van der Waals surface area contributed by atoms with E-state index in [1.807, 2.05) is 48.7 Å². The predicted molar refractivity (Wildman–Crippen MR) is 122 cm³/mol. The number of nitrogens with zero attached hydrogens (tertiary/aromatic N) is 1. The summed E-state index contributed by atoms with van der Waals surface area (Å²) in [6.45, 7) is 2.00. The first kappa shape index (κ1) is 20.8. The molecule has 4 aromatic rings. The van der Waals surface area contributed by atoms with Gasteiger partial charge in [-0.1, -0.05) is 78.4 Å². The van der Waals surface area contributed by atoms with E-state index in [1.54, 1.807) is 48.5 Å². The zero-order valence-electron chi connectivity index (χ0n) is 17.0. The molecule has 0 aliphatic rings. The minimum atomic E-state index is -1.90. The van der Waals surface area contributed by atoms with Gasteiger partial charge < -0.3 is 15.2 Å². The largest absolute Gasteiger partial charge is 0.456 e. The van der Waals surface area contributed by atoms with Crippen molar-refractivity contribution >= 4 is 28.1 Å². The molecule has 2 N–H and O–H groups in total. The van der Waals surface area contributed by atoms with Gasteiger partial charge in [-0.2, -0.15) is 0 Å². The van der Waals surface area contributed by atoms with Crippen LogP contribution in [-0.2, 0) is 21.7 Å². The fourth-order valence-corrected chi connectivity index (χ4v) is 3.91. The van der Waals surface area contributed by atoms with Crippen molar-refractivity contribution in [3.8, 4) is 0 Å². The molecule has 0 radical (unpaired) electrons. The number of carbonyl (C=O) groups excluding carboxylic acids is 1. The predicted octanol–water partition coefficient (Wildman–Crippen LogP) is 5.17. The highest BCUT2D eigenvalue weighted by Crippen LogP contribution is 2.31. The molecule has 0 aliphatic carbocycles. The summed E-state index contributed by atoms with van der Waals surface area (Å²) in [6.07, 6.45) is 0. The van der Waals surface area contributed by atoms with Crippen LogP contribution in [0.3, 0.4) is 0 Å². The van der Waals surface area contributed by atoms with E-state index in [4.69, 9.17) is 4.74 Å². The molecule has 0 saturated heterocycles. The zero-order chi connectivity index (χ0) is 21.7. The summed E-state index contributed by atoms with van der Waals surface area (Å²) in [4.78, 5) is 17.5. The van der Waals surface area contributed by atoms with Crippen LogP contribution in [0.2, 0.25) is 0 Å². The Balaban J connectivity index is 1.49. The quantitative estimate of drug-likeness (QED) is 0.396. The van der Waals surface area contributed by atoms with E-state index in [-0.39, 0.29) is 6.61 Å². The molecule has 0 spiro atoms. The van der Waals surface area contributed by atoms with Gasteiger partial charge in [-0.25, -0.2) is 9.78 Å². The van der Waals surface area contributed by atoms with E-state index in [1.165, 1.54) is 16.9 Å². The molecule has 0 fully saturated rings. The number of nitrogens with one attached hydrogen (secondary N) is 1. The Morgan fingerprint density at radius 2 is 1.55 bits per heavy atom. The van der Waals surface area contributed by atoms with Crippen LogP contribution < -0.4 is 5.32 Å². The van der Waals surface area contributed by atoms with Gasteiger partial charge in [-0.3, -0.25) is 0 Å². The number of carbonyl (C=O) groups is 1. The summed E-state index contributed by atoms with van der Waals surface area (Å²) in [5.41, 5.74) is 1.73. The number of aromatic nitrogens is 1. The molecular formula is C25H22N2O3S. The Kier molecular flexibility index (Phi) is 6.11. The highest BCUT2D eigenvalue weighted by Gasteiger charge is 2.41. The summed E-state index contributed by atoms with van der Waals surface area (Å²) < 4.78 is 5.51. The molecule has 0 atom stereocenters. The number of ether oxygens (including phenoxy) is 1. The molecule has 31 heavy (non-hydrogen) atoms.